The second-order valence-electron chi connectivity index (χ2n) is 10.8. The molecule has 5 aromatic rings. The summed E-state index contributed by atoms with van der Waals surface area (Å²) in [6.45, 7) is 6.18. The molecule has 0 fully saturated rings. The molecule has 1 aliphatic heterocycles. The standard InChI is InChI=1S/C34H32NO3PS/c1-34(2,3)40(36)35-33(28-20-12-14-24-13-10-11-19-27(24)28)29-21-30-31(38-23-37-30)22-32(29)39(25-15-6-4-7-16-25)26-17-8-5-9-18-26/h4-22,33,35H,23H2,1-3H3/t33-,40?/m1/s1. The van der Waals surface area contributed by atoms with E-state index in [0.29, 0.717) is 5.75 Å². The SMILES string of the molecule is CC(C)(C)S(=O)N[C@@H](c1cc2c(cc1P(c1ccccc1)c1ccccc1)OCO2)c1cccc2ccccc12. The third kappa shape index (κ3) is 5.30. The van der Waals surface area contributed by atoms with Crippen molar-refractivity contribution in [3.05, 3.63) is 126 Å². The fourth-order valence-electron chi connectivity index (χ4n) is 5.03. The fourth-order valence-corrected chi connectivity index (χ4v) is 8.35. The molecule has 6 heteroatoms. The quantitative estimate of drug-likeness (QED) is 0.230. The van der Waals surface area contributed by atoms with E-state index in [-0.39, 0.29) is 12.8 Å². The van der Waals surface area contributed by atoms with Gasteiger partial charge < -0.3 is 9.47 Å². The summed E-state index contributed by atoms with van der Waals surface area (Å²) in [7, 11) is -2.30. The van der Waals surface area contributed by atoms with Crippen molar-refractivity contribution in [1.29, 1.82) is 0 Å². The Hall–Kier alpha value is -3.50. The van der Waals surface area contributed by atoms with Crippen molar-refractivity contribution >= 4 is 45.6 Å². The van der Waals surface area contributed by atoms with E-state index in [1.165, 1.54) is 10.6 Å². The molecule has 6 rings (SSSR count). The van der Waals surface area contributed by atoms with Gasteiger partial charge in [-0.2, -0.15) is 0 Å². The van der Waals surface area contributed by atoms with Crippen LogP contribution in [-0.4, -0.2) is 15.7 Å². The van der Waals surface area contributed by atoms with Gasteiger partial charge >= 0.3 is 0 Å². The molecule has 2 atom stereocenters. The summed E-state index contributed by atoms with van der Waals surface area (Å²) in [5.74, 6) is 1.45. The molecule has 40 heavy (non-hydrogen) atoms. The molecule has 4 nitrogen and oxygen atoms in total. The molecule has 1 unspecified atom stereocenters. The molecule has 1 heterocycles. The summed E-state index contributed by atoms with van der Waals surface area (Å²) in [5.41, 5.74) is 2.11. The molecule has 0 saturated heterocycles. The van der Waals surface area contributed by atoms with Crippen molar-refractivity contribution in [2.24, 2.45) is 0 Å². The Labute approximate surface area is 239 Å². The highest BCUT2D eigenvalue weighted by Gasteiger charge is 2.32. The molecule has 5 aromatic carbocycles. The minimum absolute atomic E-state index is 0.188. The summed E-state index contributed by atoms with van der Waals surface area (Å²) in [4.78, 5) is 0. The number of benzene rings is 5. The first-order valence-electron chi connectivity index (χ1n) is 13.4. The monoisotopic (exact) mass is 565 g/mol. The van der Waals surface area contributed by atoms with Crippen molar-refractivity contribution in [1.82, 2.24) is 4.72 Å². The second kappa shape index (κ2) is 11.2. The summed E-state index contributed by atoms with van der Waals surface area (Å²) in [5, 5.41) is 5.88. The average molecular weight is 566 g/mol. The Morgan fingerprint density at radius 2 is 1.30 bits per heavy atom. The Morgan fingerprint density at radius 3 is 1.95 bits per heavy atom. The largest absolute Gasteiger partial charge is 0.454 e. The second-order valence-corrected chi connectivity index (χ2v) is 15.0. The number of nitrogens with one attached hydrogen (secondary N) is 1. The topological polar surface area (TPSA) is 47.6 Å². The summed E-state index contributed by atoms with van der Waals surface area (Å²) >= 11 is 0. The predicted octanol–water partition coefficient (Wildman–Crippen LogP) is 6.47. The van der Waals surface area contributed by atoms with Gasteiger partial charge in [0.05, 0.1) is 21.8 Å². The first-order chi connectivity index (χ1) is 19.4. The van der Waals surface area contributed by atoms with Gasteiger partial charge in [0.25, 0.3) is 0 Å². The predicted molar refractivity (Wildman–Crippen MR) is 168 cm³/mol. The van der Waals surface area contributed by atoms with Crippen LogP contribution in [0.5, 0.6) is 11.5 Å². The third-order valence-electron chi connectivity index (χ3n) is 7.02. The molecule has 0 spiro atoms. The zero-order chi connectivity index (χ0) is 27.7. The van der Waals surface area contributed by atoms with Gasteiger partial charge in [0.2, 0.25) is 6.79 Å². The minimum Gasteiger partial charge on any atom is -0.454 e. The van der Waals surface area contributed by atoms with Crippen LogP contribution in [0, 0.1) is 0 Å². The first kappa shape index (κ1) is 26.7. The number of rotatable bonds is 7. The maximum absolute atomic E-state index is 13.8. The van der Waals surface area contributed by atoms with Gasteiger partial charge in [-0.3, -0.25) is 0 Å². The highest BCUT2D eigenvalue weighted by Crippen LogP contribution is 2.43. The Kier molecular flexibility index (Phi) is 7.46. The maximum atomic E-state index is 13.8. The van der Waals surface area contributed by atoms with Crippen LogP contribution >= 0.6 is 7.92 Å². The molecule has 1 aliphatic rings. The number of fused-ring (bicyclic) bond motifs is 2. The van der Waals surface area contributed by atoms with Crippen LogP contribution < -0.4 is 30.1 Å². The Morgan fingerprint density at radius 1 is 0.725 bits per heavy atom. The van der Waals surface area contributed by atoms with Crippen LogP contribution in [0.4, 0.5) is 0 Å². The van der Waals surface area contributed by atoms with Gasteiger partial charge in [0, 0.05) is 0 Å². The summed E-state index contributed by atoms with van der Waals surface area (Å²) in [6, 6.07) is 39.9. The lowest BCUT2D eigenvalue weighted by Crippen LogP contribution is -2.38. The molecule has 0 radical (unpaired) electrons. The highest BCUT2D eigenvalue weighted by molar-refractivity contribution is 7.84. The third-order valence-corrected chi connectivity index (χ3v) is 11.1. The first-order valence-corrected chi connectivity index (χ1v) is 15.9. The normalized spacial score (nSPS) is 14.4. The van der Waals surface area contributed by atoms with E-state index in [0.717, 1.165) is 33.0 Å². The van der Waals surface area contributed by atoms with Crippen molar-refractivity contribution in [3.8, 4) is 11.5 Å². The minimum atomic E-state index is -1.33. The van der Waals surface area contributed by atoms with Crippen LogP contribution in [0.1, 0.15) is 37.9 Å². The number of hydrogen-bond acceptors (Lipinski definition) is 3. The molecule has 0 aromatic heterocycles. The molecular weight excluding hydrogens is 533 g/mol. The van der Waals surface area contributed by atoms with Crippen molar-refractivity contribution in [2.75, 3.05) is 6.79 Å². The van der Waals surface area contributed by atoms with E-state index in [9.17, 15) is 4.21 Å². The smallest absolute Gasteiger partial charge is 0.231 e. The molecule has 0 bridgehead atoms. The van der Waals surface area contributed by atoms with Crippen LogP contribution in [-0.2, 0) is 11.0 Å². The molecular formula is C34H32NO3PS. The van der Waals surface area contributed by atoms with E-state index in [4.69, 9.17) is 9.47 Å². The van der Waals surface area contributed by atoms with Crippen molar-refractivity contribution in [2.45, 2.75) is 31.6 Å². The van der Waals surface area contributed by atoms with Crippen LogP contribution in [0.15, 0.2) is 115 Å². The van der Waals surface area contributed by atoms with Gasteiger partial charge in [-0.15, -0.1) is 0 Å². The highest BCUT2D eigenvalue weighted by atomic mass is 32.2. The molecule has 0 saturated carbocycles. The van der Waals surface area contributed by atoms with Gasteiger partial charge in [-0.25, -0.2) is 8.93 Å². The molecule has 0 aliphatic carbocycles. The van der Waals surface area contributed by atoms with Gasteiger partial charge in [-0.05, 0) is 78.6 Å². The van der Waals surface area contributed by atoms with E-state index in [2.05, 4.69) is 120 Å². The van der Waals surface area contributed by atoms with Crippen LogP contribution in [0.25, 0.3) is 10.8 Å². The van der Waals surface area contributed by atoms with E-state index >= 15 is 0 Å². The molecule has 1 N–H and O–H groups in total. The van der Waals surface area contributed by atoms with Crippen molar-refractivity contribution in [3.63, 3.8) is 0 Å². The number of hydrogen-bond donors (Lipinski definition) is 1. The van der Waals surface area contributed by atoms with Crippen molar-refractivity contribution < 1.29 is 13.7 Å². The zero-order valence-corrected chi connectivity index (χ0v) is 24.5. The fraction of sp³-hybridized carbons (Fsp3) is 0.176. The molecule has 202 valence electrons. The Balaban J connectivity index is 1.64. The summed E-state index contributed by atoms with van der Waals surface area (Å²) in [6.07, 6.45) is 0. The van der Waals surface area contributed by atoms with Crippen LogP contribution in [0.3, 0.4) is 0 Å². The lowest BCUT2D eigenvalue weighted by Gasteiger charge is -2.30. The number of ether oxygens (including phenoxy) is 2. The van der Waals surface area contributed by atoms with Gasteiger partial charge in [0.1, 0.15) is 0 Å². The maximum Gasteiger partial charge on any atom is 0.231 e. The van der Waals surface area contributed by atoms with E-state index in [1.807, 2.05) is 20.8 Å². The zero-order valence-electron chi connectivity index (χ0n) is 22.8. The lowest BCUT2D eigenvalue weighted by atomic mass is 9.94. The molecule has 0 amide bonds. The lowest BCUT2D eigenvalue weighted by molar-refractivity contribution is 0.174. The Bertz CT molecular complexity index is 1620. The van der Waals surface area contributed by atoms with Crippen LogP contribution in [0.2, 0.25) is 0 Å². The van der Waals surface area contributed by atoms with E-state index < -0.39 is 23.7 Å². The average Bonchev–Trinajstić information content (AvgIpc) is 3.44. The van der Waals surface area contributed by atoms with E-state index in [1.54, 1.807) is 0 Å². The van der Waals surface area contributed by atoms with Gasteiger partial charge in [0.15, 0.2) is 11.5 Å². The van der Waals surface area contributed by atoms with Gasteiger partial charge in [-0.1, -0.05) is 103 Å². The summed E-state index contributed by atoms with van der Waals surface area (Å²) < 4.78 is 28.7.